The second kappa shape index (κ2) is 11.8. The van der Waals surface area contributed by atoms with Crippen molar-refractivity contribution in [2.45, 2.75) is 19.3 Å². The molecule has 2 aromatic heterocycles. The maximum absolute atomic E-state index is 4.52. The van der Waals surface area contributed by atoms with Crippen molar-refractivity contribution in [3.63, 3.8) is 0 Å². The maximum atomic E-state index is 4.52. The molecule has 0 radical (unpaired) electrons. The largest absolute Gasteiger partial charge is 0.309 e. The zero-order valence-electron chi connectivity index (χ0n) is 29.2. The van der Waals surface area contributed by atoms with Gasteiger partial charge in [0.2, 0.25) is 0 Å². The lowest BCUT2D eigenvalue weighted by Gasteiger charge is -2.22. The molecule has 9 aromatic rings. The topological polar surface area (TPSA) is 17.8 Å². The van der Waals surface area contributed by atoms with Crippen molar-refractivity contribution in [3.8, 4) is 61.5 Å². The molecule has 2 heterocycles. The van der Waals surface area contributed by atoms with E-state index in [1.54, 1.807) is 0 Å². The summed E-state index contributed by atoms with van der Waals surface area (Å²) in [7, 11) is 0. The second-order valence-corrected chi connectivity index (χ2v) is 14.4. The van der Waals surface area contributed by atoms with Crippen LogP contribution in [0.5, 0.6) is 0 Å². The number of fused-ring (bicyclic) bond motifs is 6. The van der Waals surface area contributed by atoms with Gasteiger partial charge in [-0.05, 0) is 110 Å². The lowest BCUT2D eigenvalue weighted by atomic mass is 9.81. The summed E-state index contributed by atoms with van der Waals surface area (Å²) in [5, 5.41) is 2.54. The molecule has 0 saturated carbocycles. The SMILES string of the molecule is CC1(C)c2cc(-c3ccc(-c4ccccn4)cc3)ccc2-c2ccc(-c3ccc(-n4c5ccccc5c5cc(-c6ccccc6)ccc54)cc3)cc21. The van der Waals surface area contributed by atoms with Gasteiger partial charge in [-0.15, -0.1) is 0 Å². The van der Waals surface area contributed by atoms with Crippen molar-refractivity contribution in [2.75, 3.05) is 0 Å². The Balaban J connectivity index is 0.974. The van der Waals surface area contributed by atoms with Gasteiger partial charge in [0, 0.05) is 33.6 Å². The van der Waals surface area contributed by atoms with Crippen molar-refractivity contribution < 1.29 is 0 Å². The Bertz CT molecular complexity index is 2770. The normalized spacial score (nSPS) is 13.0. The molecule has 0 unspecified atom stereocenters. The molecule has 2 nitrogen and oxygen atoms in total. The molecule has 246 valence electrons. The molecule has 52 heavy (non-hydrogen) atoms. The molecule has 0 fully saturated rings. The smallest absolute Gasteiger partial charge is 0.0701 e. The number of aromatic nitrogens is 2. The van der Waals surface area contributed by atoms with E-state index in [4.69, 9.17) is 0 Å². The predicted octanol–water partition coefficient (Wildman–Crippen LogP) is 13.2. The third-order valence-corrected chi connectivity index (χ3v) is 11.1. The molecule has 0 spiro atoms. The monoisotopic (exact) mass is 664 g/mol. The molecule has 0 amide bonds. The fourth-order valence-corrected chi connectivity index (χ4v) is 8.33. The first-order valence-electron chi connectivity index (χ1n) is 18.0. The average Bonchev–Trinajstić information content (AvgIpc) is 3.66. The van der Waals surface area contributed by atoms with E-state index in [1.807, 2.05) is 18.3 Å². The Hall–Kier alpha value is -6.51. The van der Waals surface area contributed by atoms with Gasteiger partial charge in [-0.2, -0.15) is 0 Å². The van der Waals surface area contributed by atoms with Crippen LogP contribution in [-0.2, 0) is 5.41 Å². The van der Waals surface area contributed by atoms with Gasteiger partial charge in [0.05, 0.1) is 16.7 Å². The van der Waals surface area contributed by atoms with Gasteiger partial charge < -0.3 is 4.57 Å². The minimum absolute atomic E-state index is 0.119. The first-order chi connectivity index (χ1) is 25.5. The van der Waals surface area contributed by atoms with E-state index in [2.05, 4.69) is 187 Å². The molecule has 7 aromatic carbocycles. The first kappa shape index (κ1) is 30.3. The number of hydrogen-bond donors (Lipinski definition) is 0. The number of hydrogen-bond acceptors (Lipinski definition) is 1. The first-order valence-corrected chi connectivity index (χ1v) is 18.0. The summed E-state index contributed by atoms with van der Waals surface area (Å²) in [4.78, 5) is 4.52. The Morgan fingerprint density at radius 1 is 0.404 bits per heavy atom. The molecule has 0 N–H and O–H groups in total. The third kappa shape index (κ3) is 4.83. The van der Waals surface area contributed by atoms with Gasteiger partial charge >= 0.3 is 0 Å². The van der Waals surface area contributed by atoms with Crippen LogP contribution in [0.15, 0.2) is 182 Å². The highest BCUT2D eigenvalue weighted by Crippen LogP contribution is 2.50. The van der Waals surface area contributed by atoms with E-state index in [0.717, 1.165) is 16.9 Å². The summed E-state index contributed by atoms with van der Waals surface area (Å²) >= 11 is 0. The van der Waals surface area contributed by atoms with E-state index in [-0.39, 0.29) is 5.41 Å². The Labute approximate surface area is 304 Å². The zero-order chi connectivity index (χ0) is 34.8. The molecule has 0 saturated heterocycles. The van der Waals surface area contributed by atoms with E-state index < -0.39 is 0 Å². The summed E-state index contributed by atoms with van der Waals surface area (Å²) in [5.41, 5.74) is 18.4. The van der Waals surface area contributed by atoms with Crippen LogP contribution < -0.4 is 0 Å². The van der Waals surface area contributed by atoms with Gasteiger partial charge in [-0.3, -0.25) is 4.98 Å². The molecule has 0 atom stereocenters. The Morgan fingerprint density at radius 3 is 1.60 bits per heavy atom. The van der Waals surface area contributed by atoms with Crippen LogP contribution in [0.4, 0.5) is 0 Å². The number of benzene rings is 7. The van der Waals surface area contributed by atoms with Crippen LogP contribution >= 0.6 is 0 Å². The van der Waals surface area contributed by atoms with Gasteiger partial charge in [0.25, 0.3) is 0 Å². The maximum Gasteiger partial charge on any atom is 0.0701 e. The van der Waals surface area contributed by atoms with Crippen LogP contribution in [0.2, 0.25) is 0 Å². The van der Waals surface area contributed by atoms with Gasteiger partial charge in [-0.25, -0.2) is 0 Å². The fraction of sp³-hybridized carbons (Fsp3) is 0.0600. The summed E-state index contributed by atoms with van der Waals surface area (Å²) in [6.45, 7) is 4.73. The molecule has 0 bridgehead atoms. The molecule has 1 aliphatic carbocycles. The highest BCUT2D eigenvalue weighted by Gasteiger charge is 2.36. The quantitative estimate of drug-likeness (QED) is 0.179. The Kier molecular flexibility index (Phi) is 6.87. The minimum atomic E-state index is -0.119. The predicted molar refractivity (Wildman–Crippen MR) is 218 cm³/mol. The molecule has 0 aliphatic heterocycles. The standard InChI is InChI=1S/C50H36N2/c1-50(2)45-31-38(34-15-17-36(18-16-34)47-13-8-9-29-51-47)21-26-41(45)42-27-22-39(32-46(42)50)35-19-24-40(25-20-35)52-48-14-7-6-12-43(48)44-30-37(23-28-49(44)52)33-10-4-3-5-11-33/h3-32H,1-2H3. The van der Waals surface area contributed by atoms with Gasteiger partial charge in [0.1, 0.15) is 0 Å². The summed E-state index contributed by atoms with van der Waals surface area (Å²) in [6.07, 6.45) is 1.85. The molecular weight excluding hydrogens is 629 g/mol. The zero-order valence-corrected chi connectivity index (χ0v) is 29.2. The van der Waals surface area contributed by atoms with Crippen molar-refractivity contribution in [1.82, 2.24) is 9.55 Å². The highest BCUT2D eigenvalue weighted by atomic mass is 15.0. The summed E-state index contributed by atoms with van der Waals surface area (Å²) in [5.74, 6) is 0. The van der Waals surface area contributed by atoms with E-state index in [9.17, 15) is 0 Å². The summed E-state index contributed by atoms with van der Waals surface area (Å²) < 4.78 is 2.40. The van der Waals surface area contributed by atoms with Gasteiger partial charge in [0.15, 0.2) is 0 Å². The summed E-state index contributed by atoms with van der Waals surface area (Å²) in [6, 6.07) is 64.1. The fourth-order valence-electron chi connectivity index (χ4n) is 8.33. The van der Waals surface area contributed by atoms with E-state index >= 15 is 0 Å². The van der Waals surface area contributed by atoms with Crippen LogP contribution in [0.25, 0.3) is 83.3 Å². The number of rotatable bonds is 5. The Morgan fingerprint density at radius 2 is 0.923 bits per heavy atom. The van der Waals surface area contributed by atoms with Crippen molar-refractivity contribution >= 4 is 21.8 Å². The van der Waals surface area contributed by atoms with Crippen LogP contribution in [-0.4, -0.2) is 9.55 Å². The molecular formula is C50H36N2. The van der Waals surface area contributed by atoms with E-state index in [1.165, 1.54) is 77.4 Å². The lowest BCUT2D eigenvalue weighted by molar-refractivity contribution is 0.661. The molecule has 2 heteroatoms. The van der Waals surface area contributed by atoms with E-state index in [0.29, 0.717) is 0 Å². The van der Waals surface area contributed by atoms with Crippen LogP contribution in [0.1, 0.15) is 25.0 Å². The van der Waals surface area contributed by atoms with Crippen molar-refractivity contribution in [3.05, 3.63) is 193 Å². The molecule has 1 aliphatic rings. The minimum Gasteiger partial charge on any atom is -0.309 e. The third-order valence-electron chi connectivity index (χ3n) is 11.1. The lowest BCUT2D eigenvalue weighted by Crippen LogP contribution is -2.15. The number of para-hydroxylation sites is 1. The number of nitrogens with zero attached hydrogens (tertiary/aromatic N) is 2. The van der Waals surface area contributed by atoms with Crippen LogP contribution in [0, 0.1) is 0 Å². The molecule has 10 rings (SSSR count). The van der Waals surface area contributed by atoms with Gasteiger partial charge in [-0.1, -0.05) is 135 Å². The average molecular weight is 665 g/mol. The van der Waals surface area contributed by atoms with Crippen LogP contribution in [0.3, 0.4) is 0 Å². The second-order valence-electron chi connectivity index (χ2n) is 14.4. The highest BCUT2D eigenvalue weighted by molar-refractivity contribution is 6.10. The number of pyridine rings is 1. The van der Waals surface area contributed by atoms with Crippen molar-refractivity contribution in [1.29, 1.82) is 0 Å². The van der Waals surface area contributed by atoms with Crippen molar-refractivity contribution in [2.24, 2.45) is 0 Å².